The molecule has 250 valence electrons. The van der Waals surface area contributed by atoms with Gasteiger partial charge in [-0.3, -0.25) is 9.59 Å². The van der Waals surface area contributed by atoms with Gasteiger partial charge in [-0.25, -0.2) is 8.78 Å². The number of carbonyl (C=O) groups is 1. The van der Waals surface area contributed by atoms with Crippen LogP contribution in [0.15, 0.2) is 95.8 Å². The van der Waals surface area contributed by atoms with E-state index in [1.54, 1.807) is 34.7 Å². The fraction of sp³-hybridized carbons (Fsp3) is 0.263. The average Bonchev–Trinajstić information content (AvgIpc) is 3.05. The molecule has 1 aromatic heterocycles. The van der Waals surface area contributed by atoms with Crippen molar-refractivity contribution < 1.29 is 26.7 Å². The number of alkyl halides is 3. The van der Waals surface area contributed by atoms with E-state index in [2.05, 4.69) is 4.90 Å². The summed E-state index contributed by atoms with van der Waals surface area (Å²) in [6.45, 7) is 0.963. The van der Waals surface area contributed by atoms with E-state index in [0.29, 0.717) is 22.2 Å². The van der Waals surface area contributed by atoms with Crippen molar-refractivity contribution in [2.75, 3.05) is 27.7 Å². The predicted molar refractivity (Wildman–Crippen MR) is 178 cm³/mol. The number of halogens is 5. The molecule has 5 aromatic rings. The van der Waals surface area contributed by atoms with Crippen molar-refractivity contribution in [1.29, 1.82) is 0 Å². The molecule has 1 heterocycles. The Kier molecular flexibility index (Phi) is 10.4. The van der Waals surface area contributed by atoms with Gasteiger partial charge in [-0.1, -0.05) is 54.6 Å². The maximum absolute atomic E-state index is 14.5. The van der Waals surface area contributed by atoms with Gasteiger partial charge in [0.2, 0.25) is 5.91 Å². The first-order valence-electron chi connectivity index (χ1n) is 15.5. The largest absolute Gasteiger partial charge is 0.416 e. The van der Waals surface area contributed by atoms with Crippen molar-refractivity contribution in [3.8, 4) is 11.1 Å². The summed E-state index contributed by atoms with van der Waals surface area (Å²) >= 11 is 0. The molecular formula is C38H36F5N3O2. The smallest absolute Gasteiger partial charge is 0.340 e. The first-order chi connectivity index (χ1) is 22.8. The quantitative estimate of drug-likeness (QED) is 0.138. The third-order valence-electron chi connectivity index (χ3n) is 8.43. The van der Waals surface area contributed by atoms with E-state index in [4.69, 9.17) is 0 Å². The van der Waals surface area contributed by atoms with Gasteiger partial charge in [-0.2, -0.15) is 13.2 Å². The number of aromatic nitrogens is 1. The molecule has 4 aromatic carbocycles. The minimum atomic E-state index is -4.41. The minimum Gasteiger partial charge on any atom is -0.340 e. The van der Waals surface area contributed by atoms with Gasteiger partial charge in [0.15, 0.2) is 17.1 Å². The molecule has 5 rings (SSSR count). The highest BCUT2D eigenvalue weighted by Gasteiger charge is 2.30. The molecule has 0 aliphatic heterocycles. The van der Waals surface area contributed by atoms with Crippen molar-refractivity contribution in [3.63, 3.8) is 0 Å². The fourth-order valence-electron chi connectivity index (χ4n) is 5.65. The van der Waals surface area contributed by atoms with Gasteiger partial charge >= 0.3 is 6.18 Å². The molecule has 1 amide bonds. The lowest BCUT2D eigenvalue weighted by molar-refractivity contribution is -0.137. The molecule has 5 nitrogen and oxygen atoms in total. The van der Waals surface area contributed by atoms with Crippen LogP contribution in [-0.2, 0) is 43.3 Å². The van der Waals surface area contributed by atoms with Crippen LogP contribution < -0.4 is 5.43 Å². The number of hydrogen-bond donors (Lipinski definition) is 0. The first-order valence-corrected chi connectivity index (χ1v) is 15.5. The highest BCUT2D eigenvalue weighted by Crippen LogP contribution is 2.31. The monoisotopic (exact) mass is 661 g/mol. The van der Waals surface area contributed by atoms with Gasteiger partial charge in [0.25, 0.3) is 0 Å². The zero-order chi connectivity index (χ0) is 34.6. The number of benzene rings is 4. The van der Waals surface area contributed by atoms with Crippen molar-refractivity contribution in [2.45, 2.75) is 38.5 Å². The molecule has 0 saturated carbocycles. The highest BCUT2D eigenvalue weighted by molar-refractivity contribution is 5.83. The number of nitrogens with zero attached hydrogens (tertiary/aromatic N) is 3. The number of likely N-dealkylation sites (N-methyl/N-ethyl adjacent to an activating group) is 2. The zero-order valence-electron chi connectivity index (χ0n) is 27.0. The summed E-state index contributed by atoms with van der Waals surface area (Å²) in [7, 11) is 5.61. The summed E-state index contributed by atoms with van der Waals surface area (Å²) in [6, 6.07) is 23.2. The molecule has 0 aliphatic carbocycles. The number of pyridine rings is 1. The lowest BCUT2D eigenvalue weighted by Gasteiger charge is -2.22. The van der Waals surface area contributed by atoms with Crippen molar-refractivity contribution in [1.82, 2.24) is 14.4 Å². The van der Waals surface area contributed by atoms with Crippen LogP contribution in [-0.4, -0.2) is 48.0 Å². The molecule has 0 saturated heterocycles. The summed E-state index contributed by atoms with van der Waals surface area (Å²) < 4.78 is 69.1. The molecule has 0 aliphatic rings. The SMILES string of the molecule is CN(C)CCc1ccc2c(=O)cc(CCc3cccc(F)c3F)n(CC(=O)N(C)Cc3ccc(-c4ccc(C(F)(F)F)cc4)cc3)c2c1. The second kappa shape index (κ2) is 14.5. The van der Waals surface area contributed by atoms with Gasteiger partial charge in [-0.05, 0) is 91.5 Å². The number of aryl methyl sites for hydroxylation is 2. The topological polar surface area (TPSA) is 45.6 Å². The molecular weight excluding hydrogens is 625 g/mol. The Bertz CT molecular complexity index is 1970. The summed E-state index contributed by atoms with van der Waals surface area (Å²) in [6.07, 6.45) is -3.35. The van der Waals surface area contributed by atoms with E-state index < -0.39 is 23.4 Å². The highest BCUT2D eigenvalue weighted by atomic mass is 19.4. The van der Waals surface area contributed by atoms with Crippen LogP contribution in [0.1, 0.15) is 27.9 Å². The number of rotatable bonds is 11. The minimum absolute atomic E-state index is 0.0883. The summed E-state index contributed by atoms with van der Waals surface area (Å²) in [5, 5.41) is 0.457. The molecule has 0 N–H and O–H groups in total. The number of fused-ring (bicyclic) bond motifs is 1. The molecule has 0 bridgehead atoms. The maximum Gasteiger partial charge on any atom is 0.416 e. The van der Waals surface area contributed by atoms with Gasteiger partial charge in [0, 0.05) is 37.3 Å². The molecule has 0 spiro atoms. The number of hydrogen-bond acceptors (Lipinski definition) is 3. The van der Waals surface area contributed by atoms with Crippen LogP contribution in [0.4, 0.5) is 22.0 Å². The zero-order valence-corrected chi connectivity index (χ0v) is 27.0. The molecule has 48 heavy (non-hydrogen) atoms. The van der Waals surface area contributed by atoms with E-state index in [1.807, 2.05) is 38.4 Å². The van der Waals surface area contributed by atoms with Crippen LogP contribution in [0.3, 0.4) is 0 Å². The Balaban J connectivity index is 1.39. The van der Waals surface area contributed by atoms with Gasteiger partial charge in [0.05, 0.1) is 11.1 Å². The third-order valence-corrected chi connectivity index (χ3v) is 8.43. The Morgan fingerprint density at radius 3 is 2.06 bits per heavy atom. The lowest BCUT2D eigenvalue weighted by Crippen LogP contribution is -2.31. The fourth-order valence-corrected chi connectivity index (χ4v) is 5.65. The van der Waals surface area contributed by atoms with E-state index in [1.165, 1.54) is 30.3 Å². The second-order valence-electron chi connectivity index (χ2n) is 12.2. The Morgan fingerprint density at radius 2 is 1.42 bits per heavy atom. The molecule has 0 radical (unpaired) electrons. The van der Waals surface area contributed by atoms with E-state index in [9.17, 15) is 31.5 Å². The van der Waals surface area contributed by atoms with E-state index in [-0.39, 0.29) is 42.8 Å². The average molecular weight is 662 g/mol. The second-order valence-corrected chi connectivity index (χ2v) is 12.2. The maximum atomic E-state index is 14.5. The van der Waals surface area contributed by atoms with Crippen LogP contribution in [0.5, 0.6) is 0 Å². The van der Waals surface area contributed by atoms with Crippen LogP contribution in [0.2, 0.25) is 0 Å². The summed E-state index contributed by atoms with van der Waals surface area (Å²) in [5.74, 6) is -2.11. The van der Waals surface area contributed by atoms with Crippen molar-refractivity contribution in [3.05, 3.63) is 141 Å². The molecule has 10 heteroatoms. The number of amides is 1. The number of carbonyl (C=O) groups excluding carboxylic acids is 1. The first kappa shape index (κ1) is 34.5. The molecule has 0 unspecified atom stereocenters. The molecule has 0 fully saturated rings. The van der Waals surface area contributed by atoms with Crippen LogP contribution >= 0.6 is 0 Å². The van der Waals surface area contributed by atoms with Crippen LogP contribution in [0, 0.1) is 11.6 Å². The third kappa shape index (κ3) is 8.17. The van der Waals surface area contributed by atoms with E-state index in [0.717, 1.165) is 47.9 Å². The van der Waals surface area contributed by atoms with Gasteiger partial charge in [0.1, 0.15) is 6.54 Å². The Labute approximate surface area is 275 Å². The normalized spacial score (nSPS) is 11.8. The van der Waals surface area contributed by atoms with Crippen molar-refractivity contribution >= 4 is 16.8 Å². The Hall–Kier alpha value is -4.83. The van der Waals surface area contributed by atoms with Gasteiger partial charge in [-0.15, -0.1) is 0 Å². The lowest BCUT2D eigenvalue weighted by atomic mass is 10.0. The van der Waals surface area contributed by atoms with Crippen LogP contribution in [0.25, 0.3) is 22.0 Å². The van der Waals surface area contributed by atoms with E-state index >= 15 is 0 Å². The standard InChI is InChI=1S/C38H36F5N3O2/c1-44(2)20-19-25-9-18-32-34(21-25)46(31(22-35(32)47)17-14-29-5-4-6-33(39)37(29)40)24-36(48)45(3)23-26-7-10-27(11-8-26)28-12-15-30(16-13-28)38(41,42)43/h4-13,15-16,18,21-22H,14,17,19-20,23-24H2,1-3H3. The predicted octanol–water partition coefficient (Wildman–Crippen LogP) is 7.51. The molecule has 0 atom stereocenters. The summed E-state index contributed by atoms with van der Waals surface area (Å²) in [4.78, 5) is 30.5. The Morgan fingerprint density at radius 1 is 0.771 bits per heavy atom. The van der Waals surface area contributed by atoms with Gasteiger partial charge < -0.3 is 14.4 Å². The van der Waals surface area contributed by atoms with Crippen molar-refractivity contribution in [2.24, 2.45) is 0 Å². The summed E-state index contributed by atoms with van der Waals surface area (Å²) in [5.41, 5.74) is 3.56.